The van der Waals surface area contributed by atoms with Crippen molar-refractivity contribution in [3.05, 3.63) is 89.5 Å². The minimum absolute atomic E-state index is 0.0776. The zero-order valence-electron chi connectivity index (χ0n) is 20.2. The molecule has 37 heavy (non-hydrogen) atoms. The molecule has 1 N–H and O–H groups in total. The lowest BCUT2D eigenvalue weighted by atomic mass is 10.2. The topological polar surface area (TPSA) is 90.6 Å². The summed E-state index contributed by atoms with van der Waals surface area (Å²) in [6, 6.07) is 24.7. The Kier molecular flexibility index (Phi) is 8.96. The van der Waals surface area contributed by atoms with Gasteiger partial charge in [-0.1, -0.05) is 53.7 Å². The van der Waals surface area contributed by atoms with Crippen molar-refractivity contribution in [2.24, 2.45) is 5.10 Å². The molecule has 0 aliphatic carbocycles. The Hall–Kier alpha value is -4.08. The summed E-state index contributed by atoms with van der Waals surface area (Å²) in [6.07, 6.45) is 3.14. The van der Waals surface area contributed by atoms with Gasteiger partial charge < -0.3 is 9.47 Å². The van der Waals surface area contributed by atoms with Gasteiger partial charge in [-0.25, -0.2) is 5.43 Å². The molecular formula is C27H24ClN5O3S. The number of hydrogen-bond acceptors (Lipinski definition) is 7. The van der Waals surface area contributed by atoms with Crippen molar-refractivity contribution in [2.45, 2.75) is 5.16 Å². The molecule has 1 heterocycles. The van der Waals surface area contributed by atoms with Gasteiger partial charge in [0.2, 0.25) is 0 Å². The van der Waals surface area contributed by atoms with E-state index in [2.05, 4.69) is 20.7 Å². The second kappa shape index (κ2) is 12.8. The second-order valence-electron chi connectivity index (χ2n) is 7.59. The van der Waals surface area contributed by atoms with Gasteiger partial charge in [0.1, 0.15) is 11.5 Å². The van der Waals surface area contributed by atoms with Crippen LogP contribution >= 0.6 is 23.4 Å². The van der Waals surface area contributed by atoms with E-state index in [9.17, 15) is 4.79 Å². The zero-order chi connectivity index (χ0) is 26.0. The molecule has 188 valence electrons. The summed E-state index contributed by atoms with van der Waals surface area (Å²) >= 11 is 7.42. The lowest BCUT2D eigenvalue weighted by molar-refractivity contribution is -0.118. The molecule has 1 aromatic heterocycles. The van der Waals surface area contributed by atoms with Crippen LogP contribution in [0.5, 0.6) is 11.5 Å². The third kappa shape index (κ3) is 6.99. The SMILES string of the molecule is COc1ccc(-c2nnc(SCC(=O)N/N=C\C(Cl)=C\c3ccccc3)n2-c2ccc(OC)cc2)cc1. The molecule has 0 aliphatic rings. The van der Waals surface area contributed by atoms with E-state index in [1.54, 1.807) is 20.3 Å². The Morgan fingerprint density at radius 1 is 0.973 bits per heavy atom. The van der Waals surface area contributed by atoms with E-state index in [-0.39, 0.29) is 11.7 Å². The maximum absolute atomic E-state index is 12.4. The first kappa shape index (κ1) is 26.0. The van der Waals surface area contributed by atoms with Crippen molar-refractivity contribution in [3.8, 4) is 28.6 Å². The van der Waals surface area contributed by atoms with Gasteiger partial charge in [0, 0.05) is 11.3 Å². The fourth-order valence-corrected chi connectivity index (χ4v) is 4.25. The third-order valence-electron chi connectivity index (χ3n) is 5.13. The Labute approximate surface area is 224 Å². The van der Waals surface area contributed by atoms with E-state index >= 15 is 0 Å². The second-order valence-corrected chi connectivity index (χ2v) is 8.97. The van der Waals surface area contributed by atoms with Gasteiger partial charge in [-0.05, 0) is 60.2 Å². The predicted octanol–water partition coefficient (Wildman–Crippen LogP) is 5.43. The smallest absolute Gasteiger partial charge is 0.250 e. The first-order valence-corrected chi connectivity index (χ1v) is 12.5. The number of rotatable bonds is 10. The van der Waals surface area contributed by atoms with E-state index in [0.717, 1.165) is 28.3 Å². The standard InChI is InChI=1S/C27H24ClN5O3S/c1-35-23-12-8-20(9-13-23)26-31-32-27(33(26)22-10-14-24(36-2)15-11-22)37-18-25(34)30-29-17-21(28)16-19-6-4-3-5-7-19/h3-17H,18H2,1-2H3,(H,30,34)/b21-16-,29-17-. The molecule has 4 rings (SSSR count). The van der Waals surface area contributed by atoms with Crippen LogP contribution in [0.4, 0.5) is 0 Å². The summed E-state index contributed by atoms with van der Waals surface area (Å²) in [5.74, 6) is 1.88. The third-order valence-corrected chi connectivity index (χ3v) is 6.26. The van der Waals surface area contributed by atoms with Gasteiger partial charge >= 0.3 is 0 Å². The fourth-order valence-electron chi connectivity index (χ4n) is 3.33. The zero-order valence-corrected chi connectivity index (χ0v) is 21.7. The van der Waals surface area contributed by atoms with Crippen LogP contribution < -0.4 is 14.9 Å². The van der Waals surface area contributed by atoms with E-state index in [0.29, 0.717) is 16.0 Å². The number of carbonyl (C=O) groups excluding carboxylic acids is 1. The van der Waals surface area contributed by atoms with Crippen LogP contribution in [0.15, 0.2) is 94.2 Å². The molecule has 10 heteroatoms. The van der Waals surface area contributed by atoms with Crippen molar-refractivity contribution in [1.29, 1.82) is 0 Å². The molecule has 0 radical (unpaired) electrons. The molecule has 8 nitrogen and oxygen atoms in total. The maximum atomic E-state index is 12.4. The maximum Gasteiger partial charge on any atom is 0.250 e. The summed E-state index contributed by atoms with van der Waals surface area (Å²) < 4.78 is 12.4. The van der Waals surface area contributed by atoms with E-state index < -0.39 is 0 Å². The number of hydrazone groups is 1. The van der Waals surface area contributed by atoms with Gasteiger partial charge in [-0.2, -0.15) is 5.10 Å². The van der Waals surface area contributed by atoms with Gasteiger partial charge in [-0.3, -0.25) is 9.36 Å². The van der Waals surface area contributed by atoms with Gasteiger partial charge in [0.05, 0.1) is 31.2 Å². The van der Waals surface area contributed by atoms with Crippen molar-refractivity contribution >= 4 is 41.6 Å². The summed E-state index contributed by atoms with van der Waals surface area (Å²) in [5.41, 5.74) is 5.11. The van der Waals surface area contributed by atoms with E-state index in [1.165, 1.54) is 18.0 Å². The van der Waals surface area contributed by atoms with Crippen LogP contribution in [0.2, 0.25) is 0 Å². The molecule has 4 aromatic rings. The van der Waals surface area contributed by atoms with Crippen LogP contribution in [-0.4, -0.2) is 46.9 Å². The first-order chi connectivity index (χ1) is 18.1. The predicted molar refractivity (Wildman–Crippen MR) is 148 cm³/mol. The molecule has 0 atom stereocenters. The van der Waals surface area contributed by atoms with Gasteiger partial charge in [-0.15, -0.1) is 10.2 Å². The summed E-state index contributed by atoms with van der Waals surface area (Å²) in [6.45, 7) is 0. The average molecular weight is 534 g/mol. The molecular weight excluding hydrogens is 510 g/mol. The lowest BCUT2D eigenvalue weighted by Crippen LogP contribution is -2.19. The van der Waals surface area contributed by atoms with Crippen LogP contribution in [0.1, 0.15) is 5.56 Å². The number of benzene rings is 3. The number of aromatic nitrogens is 3. The lowest BCUT2D eigenvalue weighted by Gasteiger charge is -2.11. The Balaban J connectivity index is 1.48. The number of hydrogen-bond donors (Lipinski definition) is 1. The number of ether oxygens (including phenoxy) is 2. The molecule has 3 aromatic carbocycles. The van der Waals surface area contributed by atoms with Crippen molar-refractivity contribution in [2.75, 3.05) is 20.0 Å². The highest BCUT2D eigenvalue weighted by Crippen LogP contribution is 2.29. The monoisotopic (exact) mass is 533 g/mol. The Morgan fingerprint density at radius 2 is 1.62 bits per heavy atom. The summed E-state index contributed by atoms with van der Waals surface area (Å²) in [5, 5.41) is 13.6. The first-order valence-electron chi connectivity index (χ1n) is 11.2. The number of thioether (sulfide) groups is 1. The van der Waals surface area contributed by atoms with Crippen molar-refractivity contribution in [3.63, 3.8) is 0 Å². The number of carbonyl (C=O) groups is 1. The molecule has 0 unspecified atom stereocenters. The molecule has 0 fully saturated rings. The number of halogens is 1. The highest BCUT2D eigenvalue weighted by molar-refractivity contribution is 7.99. The van der Waals surface area contributed by atoms with Crippen LogP contribution in [0.25, 0.3) is 23.2 Å². The van der Waals surface area contributed by atoms with Gasteiger partial charge in [0.25, 0.3) is 5.91 Å². The van der Waals surface area contributed by atoms with E-state index in [4.69, 9.17) is 21.1 Å². The molecule has 1 amide bonds. The quantitative estimate of drug-likeness (QED) is 0.166. The van der Waals surface area contributed by atoms with Crippen LogP contribution in [0, 0.1) is 0 Å². The number of allylic oxidation sites excluding steroid dienone is 1. The average Bonchev–Trinajstić information content (AvgIpc) is 3.36. The van der Waals surface area contributed by atoms with Crippen LogP contribution in [0.3, 0.4) is 0 Å². The summed E-state index contributed by atoms with van der Waals surface area (Å²) in [4.78, 5) is 12.4. The largest absolute Gasteiger partial charge is 0.497 e. The number of nitrogens with one attached hydrogen (secondary N) is 1. The highest BCUT2D eigenvalue weighted by atomic mass is 35.5. The molecule has 0 bridgehead atoms. The Bertz CT molecular complexity index is 1390. The fraction of sp³-hybridized carbons (Fsp3) is 0.111. The molecule has 0 spiro atoms. The minimum atomic E-state index is -0.305. The van der Waals surface area contributed by atoms with Gasteiger partial charge in [0.15, 0.2) is 11.0 Å². The molecule has 0 saturated carbocycles. The van der Waals surface area contributed by atoms with Crippen LogP contribution in [-0.2, 0) is 4.79 Å². The summed E-state index contributed by atoms with van der Waals surface area (Å²) in [7, 11) is 3.23. The highest BCUT2D eigenvalue weighted by Gasteiger charge is 2.17. The van der Waals surface area contributed by atoms with Crippen molar-refractivity contribution < 1.29 is 14.3 Å². The number of nitrogens with zero attached hydrogens (tertiary/aromatic N) is 4. The number of methoxy groups -OCH3 is 2. The van der Waals surface area contributed by atoms with Crippen molar-refractivity contribution in [1.82, 2.24) is 20.2 Å². The molecule has 0 aliphatic heterocycles. The molecule has 0 saturated heterocycles. The van der Waals surface area contributed by atoms with E-state index in [1.807, 2.05) is 83.4 Å². The minimum Gasteiger partial charge on any atom is -0.497 e. The normalized spacial score (nSPS) is 11.5. The Morgan fingerprint density at radius 3 is 2.27 bits per heavy atom. The number of amides is 1.